The molecule has 2 aromatic rings. The van der Waals surface area contributed by atoms with Gasteiger partial charge in [-0.2, -0.15) is 0 Å². The van der Waals surface area contributed by atoms with Gasteiger partial charge in [-0.15, -0.1) is 0 Å². The lowest BCUT2D eigenvalue weighted by Gasteiger charge is -2.24. The number of esters is 1. The summed E-state index contributed by atoms with van der Waals surface area (Å²) in [6, 6.07) is 12.4. The van der Waals surface area contributed by atoms with Crippen molar-refractivity contribution in [2.75, 3.05) is 43.2 Å². The molecule has 0 radical (unpaired) electrons. The van der Waals surface area contributed by atoms with Crippen LogP contribution in [0.3, 0.4) is 0 Å². The maximum Gasteiger partial charge on any atom is 0.338 e. The topological polar surface area (TPSA) is 107 Å². The Balaban J connectivity index is 1.39. The van der Waals surface area contributed by atoms with E-state index in [1.807, 2.05) is 13.8 Å². The summed E-state index contributed by atoms with van der Waals surface area (Å²) in [4.78, 5) is 41.7. The van der Waals surface area contributed by atoms with Crippen LogP contribution in [0.2, 0.25) is 5.02 Å². The highest BCUT2D eigenvalue weighted by atomic mass is 35.5. The molecule has 0 saturated carbocycles. The molecule has 41 heavy (non-hydrogen) atoms. The van der Waals surface area contributed by atoms with E-state index in [0.29, 0.717) is 59.9 Å². The van der Waals surface area contributed by atoms with Gasteiger partial charge in [0, 0.05) is 23.9 Å². The summed E-state index contributed by atoms with van der Waals surface area (Å²) in [6.45, 7) is 7.41. The number of hydrogen-bond acceptors (Lipinski definition) is 8. The van der Waals surface area contributed by atoms with Crippen LogP contribution in [0.1, 0.15) is 44.0 Å². The fourth-order valence-electron chi connectivity index (χ4n) is 4.60. The molecule has 2 atom stereocenters. The second-order valence-corrected chi connectivity index (χ2v) is 10.9. The Bertz CT molecular complexity index is 1260. The highest BCUT2D eigenvalue weighted by Gasteiger charge is 2.44. The number of halogens is 1. The molecule has 2 aliphatic heterocycles. The Kier molecular flexibility index (Phi) is 10.3. The number of carbonyl (C=O) groups is 3. The van der Waals surface area contributed by atoms with E-state index < -0.39 is 17.8 Å². The Morgan fingerprint density at radius 3 is 2.49 bits per heavy atom. The zero-order valence-electron chi connectivity index (χ0n) is 23.3. The van der Waals surface area contributed by atoms with Crippen LogP contribution in [0.15, 0.2) is 48.5 Å². The monoisotopic (exact) mass is 603 g/mol. The van der Waals surface area contributed by atoms with E-state index in [2.05, 4.69) is 5.32 Å². The molecule has 10 nitrogen and oxygen atoms in total. The van der Waals surface area contributed by atoms with Gasteiger partial charge >= 0.3 is 5.97 Å². The van der Waals surface area contributed by atoms with Crippen LogP contribution in [-0.4, -0.2) is 78.7 Å². The second kappa shape index (κ2) is 13.7. The largest absolute Gasteiger partial charge is 0.462 e. The second-order valence-electron chi connectivity index (χ2n) is 10.1. The highest BCUT2D eigenvalue weighted by Crippen LogP contribution is 2.29. The molecule has 2 fully saturated rings. The number of benzene rings is 2. The Morgan fingerprint density at radius 1 is 1.15 bits per heavy atom. The third kappa shape index (κ3) is 8.02. The van der Waals surface area contributed by atoms with Gasteiger partial charge in [0.15, 0.2) is 10.9 Å². The average molecular weight is 604 g/mol. The van der Waals surface area contributed by atoms with Gasteiger partial charge in [-0.1, -0.05) is 11.6 Å². The van der Waals surface area contributed by atoms with Crippen LogP contribution >= 0.6 is 23.8 Å². The van der Waals surface area contributed by atoms with Gasteiger partial charge in [-0.3, -0.25) is 14.5 Å². The molecule has 0 aliphatic carbocycles. The van der Waals surface area contributed by atoms with E-state index in [-0.39, 0.29) is 30.9 Å². The van der Waals surface area contributed by atoms with Crippen LogP contribution in [0.5, 0.6) is 0 Å². The number of hydrogen-bond donors (Lipinski definition) is 1. The summed E-state index contributed by atoms with van der Waals surface area (Å²) in [5.74, 6) is -1.72. The predicted molar refractivity (Wildman–Crippen MR) is 158 cm³/mol. The summed E-state index contributed by atoms with van der Waals surface area (Å²) >= 11 is 11.8. The Labute approximate surface area is 249 Å². The molecule has 1 N–H and O–H groups in total. The number of amides is 2. The highest BCUT2D eigenvalue weighted by molar-refractivity contribution is 7.80. The van der Waals surface area contributed by atoms with Crippen molar-refractivity contribution in [1.82, 2.24) is 4.90 Å². The summed E-state index contributed by atoms with van der Waals surface area (Å²) in [5.41, 5.74) is 1.44. The molecule has 2 saturated heterocycles. The number of anilines is 2. The van der Waals surface area contributed by atoms with Gasteiger partial charge < -0.3 is 29.2 Å². The Hall–Kier alpha value is -3.09. The minimum Gasteiger partial charge on any atom is -0.462 e. The normalized spacial score (nSPS) is 20.0. The smallest absolute Gasteiger partial charge is 0.338 e. The van der Waals surface area contributed by atoms with Crippen molar-refractivity contribution in [3.8, 4) is 0 Å². The van der Waals surface area contributed by atoms with Gasteiger partial charge in [-0.25, -0.2) is 4.79 Å². The molecule has 4 rings (SSSR count). The molecule has 2 heterocycles. The maximum atomic E-state index is 13.6. The zero-order valence-corrected chi connectivity index (χ0v) is 24.8. The van der Waals surface area contributed by atoms with Gasteiger partial charge in [0.05, 0.1) is 37.5 Å². The van der Waals surface area contributed by atoms with E-state index >= 15 is 0 Å². The van der Waals surface area contributed by atoms with Gasteiger partial charge in [0.1, 0.15) is 12.1 Å². The maximum absolute atomic E-state index is 13.6. The number of ether oxygens (including phenoxy) is 4. The molecule has 0 bridgehead atoms. The molecule has 2 amide bonds. The fourth-order valence-corrected chi connectivity index (χ4v) is 5.14. The first kappa shape index (κ1) is 30.9. The van der Waals surface area contributed by atoms with Crippen LogP contribution in [0.25, 0.3) is 0 Å². The lowest BCUT2D eigenvalue weighted by molar-refractivity contribution is -0.145. The minimum atomic E-state index is -0.802. The van der Waals surface area contributed by atoms with E-state index in [4.69, 9.17) is 42.8 Å². The van der Waals surface area contributed by atoms with Crippen molar-refractivity contribution >= 4 is 58.1 Å². The van der Waals surface area contributed by atoms with Crippen molar-refractivity contribution in [2.45, 2.75) is 51.5 Å². The van der Waals surface area contributed by atoms with Gasteiger partial charge in [0.2, 0.25) is 5.91 Å². The molecule has 0 aromatic heterocycles. The van der Waals surface area contributed by atoms with Gasteiger partial charge in [0.25, 0.3) is 5.91 Å². The molecule has 12 heteroatoms. The molecule has 0 spiro atoms. The Morgan fingerprint density at radius 2 is 1.85 bits per heavy atom. The van der Waals surface area contributed by atoms with Crippen molar-refractivity contribution in [1.29, 1.82) is 0 Å². The van der Waals surface area contributed by atoms with Crippen molar-refractivity contribution in [3.05, 3.63) is 59.1 Å². The molecular formula is C29H34ClN3O7S. The first-order valence-electron chi connectivity index (χ1n) is 13.4. The van der Waals surface area contributed by atoms with Crippen molar-refractivity contribution < 1.29 is 33.3 Å². The van der Waals surface area contributed by atoms with E-state index in [9.17, 15) is 14.4 Å². The first-order valence-corrected chi connectivity index (χ1v) is 14.2. The number of rotatable bonds is 12. The molecule has 2 aromatic carbocycles. The lowest BCUT2D eigenvalue weighted by Crippen LogP contribution is -2.39. The van der Waals surface area contributed by atoms with Crippen LogP contribution in [-0.2, 0) is 28.5 Å². The fraction of sp³-hybridized carbons (Fsp3) is 0.448. The third-order valence-electron chi connectivity index (χ3n) is 6.52. The molecule has 2 aliphatic rings. The number of nitrogens with zero attached hydrogens (tertiary/aromatic N) is 2. The van der Waals surface area contributed by atoms with Crippen LogP contribution in [0, 0.1) is 0 Å². The van der Waals surface area contributed by atoms with Gasteiger partial charge in [-0.05, 0) is 87.9 Å². The number of nitrogens with one attached hydrogen (secondary N) is 1. The third-order valence-corrected chi connectivity index (χ3v) is 7.19. The molecular weight excluding hydrogens is 570 g/mol. The average Bonchev–Trinajstić information content (AvgIpc) is 3.39. The van der Waals surface area contributed by atoms with E-state index in [1.165, 1.54) is 4.90 Å². The van der Waals surface area contributed by atoms with Crippen LogP contribution in [0.4, 0.5) is 11.4 Å². The van der Waals surface area contributed by atoms with E-state index in [1.54, 1.807) is 60.4 Å². The zero-order chi connectivity index (χ0) is 29.6. The minimum absolute atomic E-state index is 0.119. The number of thiocarbonyl (C=S) groups is 1. The summed E-state index contributed by atoms with van der Waals surface area (Å²) in [6.07, 6.45) is 0.320. The lowest BCUT2D eigenvalue weighted by atomic mass is 10.1. The van der Waals surface area contributed by atoms with Crippen molar-refractivity contribution in [2.24, 2.45) is 0 Å². The predicted octanol–water partition coefficient (Wildman–Crippen LogP) is 4.41. The van der Waals surface area contributed by atoms with Crippen LogP contribution < -0.4 is 10.2 Å². The standard InChI is InChI=1S/C29H34ClN3O7S/c1-4-38-27(36)19-6-10-21(11-7-19)31-25(34)16-24-26(35)33(22-12-8-20(30)9-13-22)28(41)32(24)14-5-15-37-17-23-18-39-29(2,3)40-23/h6-13,23-24H,4-5,14-18H2,1-3H3,(H,31,34)/t23-,24+/m1/s1. The summed E-state index contributed by atoms with van der Waals surface area (Å²) in [7, 11) is 0. The molecule has 0 unspecified atom stereocenters. The first-order chi connectivity index (χ1) is 19.6. The number of carbonyl (C=O) groups excluding carboxylic acids is 3. The van der Waals surface area contributed by atoms with Crippen molar-refractivity contribution in [3.63, 3.8) is 0 Å². The summed E-state index contributed by atoms with van der Waals surface area (Å²) < 4.78 is 22.1. The SMILES string of the molecule is CCOC(=O)c1ccc(NC(=O)C[C@H]2C(=O)N(c3ccc(Cl)cc3)C(=S)N2CCCOC[C@@H]2COC(C)(C)O2)cc1. The quantitative estimate of drug-likeness (QED) is 0.214. The molecule has 220 valence electrons. The van der Waals surface area contributed by atoms with E-state index in [0.717, 1.165) is 0 Å². The summed E-state index contributed by atoms with van der Waals surface area (Å²) in [5, 5.41) is 3.64.